The monoisotopic (exact) mass is 360 g/mol. The number of phenolic OH excluding ortho intramolecular Hbond substituents is 1. The number of aryl methyl sites for hydroxylation is 1. The predicted molar refractivity (Wildman–Crippen MR) is 100 cm³/mol. The summed E-state index contributed by atoms with van der Waals surface area (Å²) in [5, 5.41) is 13.5. The number of nitrogens with zero attached hydrogens (tertiary/aromatic N) is 1. The van der Waals surface area contributed by atoms with Gasteiger partial charge in [0.1, 0.15) is 6.61 Å². The predicted octanol–water partition coefficient (Wildman–Crippen LogP) is 3.15. The Morgan fingerprint density at radius 2 is 2.12 bits per heavy atom. The molecular weight excluding hydrogens is 336 g/mol. The molecule has 0 spiro atoms. The lowest BCUT2D eigenvalue weighted by atomic mass is 10.0. The van der Waals surface area contributed by atoms with Gasteiger partial charge in [-0.2, -0.15) is 0 Å². The first-order valence-electron chi connectivity index (χ1n) is 8.35. The first-order valence-corrected chi connectivity index (χ1v) is 9.17. The molecule has 0 radical (unpaired) electrons. The number of benzene rings is 1. The van der Waals surface area contributed by atoms with Crippen LogP contribution in [0.4, 0.5) is 0 Å². The molecule has 3 rings (SSSR count). The van der Waals surface area contributed by atoms with Crippen molar-refractivity contribution < 1.29 is 14.6 Å². The molecule has 0 bridgehead atoms. The molecule has 2 aromatic rings. The maximum absolute atomic E-state index is 12.8. The van der Waals surface area contributed by atoms with E-state index in [2.05, 4.69) is 18.3 Å². The standard InChI is InChI=1S/C19H24N2O3S/c1-12-5-6-16(25-12)13-9-14-11-21(18(23)19(2,3)20-4)7-8-24-17(14)15(22)10-13/h5-6,9-10,20,22H,7-8,11H2,1-4H3. The number of rotatable bonds is 3. The molecular formula is C19H24N2O3S. The van der Waals surface area contributed by atoms with Crippen molar-refractivity contribution in [3.8, 4) is 21.9 Å². The molecule has 0 saturated heterocycles. The number of carbonyl (C=O) groups excluding carboxylic acids is 1. The average molecular weight is 360 g/mol. The van der Waals surface area contributed by atoms with E-state index in [1.165, 1.54) is 4.88 Å². The number of hydrogen-bond acceptors (Lipinski definition) is 5. The van der Waals surface area contributed by atoms with Crippen LogP contribution in [-0.4, -0.2) is 41.7 Å². The van der Waals surface area contributed by atoms with Gasteiger partial charge in [0.05, 0.1) is 12.1 Å². The molecule has 0 aliphatic carbocycles. The molecule has 25 heavy (non-hydrogen) atoms. The highest BCUT2D eigenvalue weighted by atomic mass is 32.1. The van der Waals surface area contributed by atoms with Crippen molar-refractivity contribution in [3.63, 3.8) is 0 Å². The van der Waals surface area contributed by atoms with E-state index in [4.69, 9.17) is 4.74 Å². The fraction of sp³-hybridized carbons (Fsp3) is 0.421. The van der Waals surface area contributed by atoms with Gasteiger partial charge in [-0.1, -0.05) is 0 Å². The smallest absolute Gasteiger partial charge is 0.242 e. The van der Waals surface area contributed by atoms with Gasteiger partial charge in [0.15, 0.2) is 11.5 Å². The maximum atomic E-state index is 12.8. The van der Waals surface area contributed by atoms with Crippen LogP contribution in [-0.2, 0) is 11.3 Å². The molecule has 5 nitrogen and oxygen atoms in total. The lowest BCUT2D eigenvalue weighted by Crippen LogP contribution is -2.53. The topological polar surface area (TPSA) is 61.8 Å². The summed E-state index contributed by atoms with van der Waals surface area (Å²) in [5.41, 5.74) is 1.13. The molecule has 2 heterocycles. The van der Waals surface area contributed by atoms with Crippen molar-refractivity contribution in [3.05, 3.63) is 34.7 Å². The molecule has 1 aromatic heterocycles. The Balaban J connectivity index is 1.97. The van der Waals surface area contributed by atoms with E-state index < -0.39 is 5.54 Å². The van der Waals surface area contributed by atoms with E-state index in [0.717, 1.165) is 16.0 Å². The zero-order valence-corrected chi connectivity index (χ0v) is 15.9. The summed E-state index contributed by atoms with van der Waals surface area (Å²) in [7, 11) is 1.78. The molecule has 0 fully saturated rings. The Morgan fingerprint density at radius 3 is 2.76 bits per heavy atom. The van der Waals surface area contributed by atoms with Crippen molar-refractivity contribution in [2.24, 2.45) is 0 Å². The third-order valence-electron chi connectivity index (χ3n) is 4.59. The first-order chi connectivity index (χ1) is 11.8. The highest BCUT2D eigenvalue weighted by Crippen LogP contribution is 2.39. The van der Waals surface area contributed by atoms with Gasteiger partial charge in [-0.05, 0) is 57.6 Å². The fourth-order valence-corrected chi connectivity index (χ4v) is 3.76. The second-order valence-corrected chi connectivity index (χ2v) is 8.13. The van der Waals surface area contributed by atoms with Crippen LogP contribution in [0.15, 0.2) is 24.3 Å². The summed E-state index contributed by atoms with van der Waals surface area (Å²) in [6.45, 7) is 7.07. The van der Waals surface area contributed by atoms with Gasteiger partial charge in [-0.15, -0.1) is 11.3 Å². The maximum Gasteiger partial charge on any atom is 0.242 e. The molecule has 1 aromatic carbocycles. The normalized spacial score (nSPS) is 14.6. The summed E-state index contributed by atoms with van der Waals surface area (Å²) < 4.78 is 5.74. The number of thiophene rings is 1. The third kappa shape index (κ3) is 3.50. The quantitative estimate of drug-likeness (QED) is 0.883. The number of hydrogen-bond donors (Lipinski definition) is 2. The van der Waals surface area contributed by atoms with E-state index in [1.807, 2.05) is 26.0 Å². The van der Waals surface area contributed by atoms with E-state index in [-0.39, 0.29) is 11.7 Å². The number of nitrogens with one attached hydrogen (secondary N) is 1. The van der Waals surface area contributed by atoms with Gasteiger partial charge < -0.3 is 20.1 Å². The van der Waals surface area contributed by atoms with Crippen molar-refractivity contribution in [2.45, 2.75) is 32.9 Å². The number of likely N-dealkylation sites (N-methyl/N-ethyl adjacent to an activating group) is 1. The zero-order valence-electron chi connectivity index (χ0n) is 15.0. The number of ether oxygens (including phenoxy) is 1. The average Bonchev–Trinajstić information content (AvgIpc) is 2.89. The molecule has 134 valence electrons. The number of carbonyl (C=O) groups is 1. The first kappa shape index (κ1) is 17.8. The van der Waals surface area contributed by atoms with Gasteiger partial charge in [-0.25, -0.2) is 0 Å². The second kappa shape index (κ2) is 6.69. The van der Waals surface area contributed by atoms with Crippen LogP contribution in [0.2, 0.25) is 0 Å². The van der Waals surface area contributed by atoms with Crippen LogP contribution in [0.5, 0.6) is 11.5 Å². The Hall–Kier alpha value is -2.05. The minimum atomic E-state index is -0.644. The summed E-state index contributed by atoms with van der Waals surface area (Å²) >= 11 is 1.68. The van der Waals surface area contributed by atoms with Gasteiger partial charge >= 0.3 is 0 Å². The van der Waals surface area contributed by atoms with Crippen LogP contribution in [0.1, 0.15) is 24.3 Å². The minimum Gasteiger partial charge on any atom is -0.504 e. The minimum absolute atomic E-state index is 0.0170. The Bertz CT molecular complexity index is 798. The van der Waals surface area contributed by atoms with E-state index in [1.54, 1.807) is 29.4 Å². The molecule has 0 saturated carbocycles. The second-order valence-electron chi connectivity index (χ2n) is 6.84. The summed E-state index contributed by atoms with van der Waals surface area (Å²) in [4.78, 5) is 16.9. The summed E-state index contributed by atoms with van der Waals surface area (Å²) in [6.07, 6.45) is 0. The molecule has 1 aliphatic rings. The highest BCUT2D eigenvalue weighted by Gasteiger charge is 2.32. The van der Waals surface area contributed by atoms with Crippen LogP contribution in [0.3, 0.4) is 0 Å². The Kier molecular flexibility index (Phi) is 4.75. The molecule has 1 amide bonds. The zero-order chi connectivity index (χ0) is 18.2. The number of amides is 1. The van der Waals surface area contributed by atoms with Crippen molar-refractivity contribution >= 4 is 17.2 Å². The van der Waals surface area contributed by atoms with Crippen LogP contribution in [0, 0.1) is 6.92 Å². The van der Waals surface area contributed by atoms with Crippen molar-refractivity contribution in [2.75, 3.05) is 20.2 Å². The van der Waals surface area contributed by atoms with Crippen LogP contribution in [0.25, 0.3) is 10.4 Å². The lowest BCUT2D eigenvalue weighted by Gasteiger charge is -2.30. The Labute approximate surface area is 152 Å². The van der Waals surface area contributed by atoms with Gasteiger partial charge in [0.2, 0.25) is 5.91 Å². The molecule has 6 heteroatoms. The third-order valence-corrected chi connectivity index (χ3v) is 5.64. The SMILES string of the molecule is CNC(C)(C)C(=O)N1CCOc2c(O)cc(-c3ccc(C)s3)cc2C1. The number of fused-ring (bicyclic) bond motifs is 1. The fourth-order valence-electron chi connectivity index (χ4n) is 2.91. The van der Waals surface area contributed by atoms with E-state index in [0.29, 0.717) is 25.4 Å². The Morgan fingerprint density at radius 1 is 1.36 bits per heavy atom. The van der Waals surface area contributed by atoms with Crippen LogP contribution >= 0.6 is 11.3 Å². The van der Waals surface area contributed by atoms with Crippen LogP contribution < -0.4 is 10.1 Å². The summed E-state index contributed by atoms with van der Waals surface area (Å²) in [5.74, 6) is 0.624. The number of aromatic hydroxyl groups is 1. The molecule has 1 aliphatic heterocycles. The van der Waals surface area contributed by atoms with Crippen molar-refractivity contribution in [1.82, 2.24) is 10.2 Å². The van der Waals surface area contributed by atoms with E-state index >= 15 is 0 Å². The van der Waals surface area contributed by atoms with E-state index in [9.17, 15) is 9.90 Å². The molecule has 0 unspecified atom stereocenters. The lowest BCUT2D eigenvalue weighted by molar-refractivity contribution is -0.137. The highest BCUT2D eigenvalue weighted by molar-refractivity contribution is 7.15. The number of phenols is 1. The molecule has 2 N–H and O–H groups in total. The van der Waals surface area contributed by atoms with Gasteiger partial charge in [0, 0.05) is 21.9 Å². The van der Waals surface area contributed by atoms with Gasteiger partial charge in [-0.3, -0.25) is 4.79 Å². The van der Waals surface area contributed by atoms with Gasteiger partial charge in [0.25, 0.3) is 0 Å². The molecule has 0 atom stereocenters. The van der Waals surface area contributed by atoms with Crippen molar-refractivity contribution in [1.29, 1.82) is 0 Å². The summed E-state index contributed by atoms with van der Waals surface area (Å²) in [6, 6.07) is 7.85. The largest absolute Gasteiger partial charge is 0.504 e.